The molecule has 4 aromatic rings. The number of hydrogen-bond donors (Lipinski definition) is 1. The molecule has 0 bridgehead atoms. The van der Waals surface area contributed by atoms with Crippen LogP contribution in [-0.2, 0) is 0 Å². The lowest BCUT2D eigenvalue weighted by molar-refractivity contribution is -0.834. The van der Waals surface area contributed by atoms with Crippen LogP contribution >= 0.6 is 0 Å². The summed E-state index contributed by atoms with van der Waals surface area (Å²) >= 11 is 0. The SMILES string of the molecule is CCCCCCCCCCCCCCCC[NH+](CCCCCCCCCCCCC)c1c(OB(Oc2cc(F)c(F)c(F)c2)Oc2cc(F)c(F)c(F)c2)cc(F)c(F)c1F.Fc1c[c-]cc(F)c1F. The summed E-state index contributed by atoms with van der Waals surface area (Å²) in [6.07, 6.45) is 27.5. The van der Waals surface area contributed by atoms with Crippen LogP contribution in [0.5, 0.6) is 17.2 Å². The van der Waals surface area contributed by atoms with Gasteiger partial charge in [-0.25, -0.2) is 39.5 Å². The van der Waals surface area contributed by atoms with E-state index in [0.717, 1.165) is 76.3 Å². The van der Waals surface area contributed by atoms with E-state index >= 15 is 8.78 Å². The molecule has 0 aliphatic carbocycles. The van der Waals surface area contributed by atoms with Gasteiger partial charge in [0.05, 0.1) is 18.9 Å². The number of benzene rings is 4. The van der Waals surface area contributed by atoms with Gasteiger partial charge in [0, 0.05) is 42.0 Å². The Morgan fingerprint density at radius 3 is 0.986 bits per heavy atom. The van der Waals surface area contributed by atoms with Crippen molar-refractivity contribution >= 4 is 13.0 Å². The standard InChI is InChI=1S/C47H65BF9NO3.C6H2F3/c1-3-5-7-9-11-13-15-16-17-19-21-23-25-27-29-58(28-26-24-22-20-18-14-12-10-8-6-4-2)47-42(34-41(53)45(56)46(47)57)61-48(59-35-30-37(49)43(54)38(50)31-35)60-36-32-39(51)44(55)40(52)33-36;7-4-2-1-3-5(8)6(4)9/h30-34H,3-29H2,1-2H3;2-3H/q;-1/p+1. The molecule has 390 valence electrons. The van der Waals surface area contributed by atoms with Crippen molar-refractivity contribution in [3.63, 3.8) is 0 Å². The van der Waals surface area contributed by atoms with Crippen LogP contribution in [0.1, 0.15) is 174 Å². The maximum absolute atomic E-state index is 16.0. The van der Waals surface area contributed by atoms with Gasteiger partial charge < -0.3 is 14.0 Å². The number of halogens is 12. The van der Waals surface area contributed by atoms with Gasteiger partial charge in [0.15, 0.2) is 46.5 Å². The first-order valence-electron chi connectivity index (χ1n) is 25.0. The number of rotatable bonds is 34. The third kappa shape index (κ3) is 21.8. The zero-order valence-corrected chi connectivity index (χ0v) is 40.5. The number of unbranched alkanes of at least 4 members (excludes halogenated alkanes) is 23. The molecule has 4 nitrogen and oxygen atoms in total. The van der Waals surface area contributed by atoms with E-state index in [-0.39, 0.29) is 0 Å². The maximum atomic E-state index is 16.0. The molecule has 0 saturated carbocycles. The van der Waals surface area contributed by atoms with Gasteiger partial charge in [0.25, 0.3) is 0 Å². The van der Waals surface area contributed by atoms with Crippen LogP contribution in [-0.4, -0.2) is 20.4 Å². The molecule has 0 heterocycles. The molecule has 1 N–H and O–H groups in total. The van der Waals surface area contributed by atoms with Gasteiger partial charge in [0.2, 0.25) is 17.3 Å². The van der Waals surface area contributed by atoms with E-state index in [2.05, 4.69) is 19.9 Å². The van der Waals surface area contributed by atoms with Gasteiger partial charge in [0.1, 0.15) is 11.5 Å². The van der Waals surface area contributed by atoms with Crippen molar-refractivity contribution in [2.75, 3.05) is 13.1 Å². The molecule has 1 unspecified atom stereocenters. The summed E-state index contributed by atoms with van der Waals surface area (Å²) in [4.78, 5) is 0.428. The molecule has 0 fully saturated rings. The highest BCUT2D eigenvalue weighted by Crippen LogP contribution is 2.31. The fraction of sp³-hybridized carbons (Fsp3) is 0.547. The summed E-state index contributed by atoms with van der Waals surface area (Å²) in [5.74, 6) is -21.3. The van der Waals surface area contributed by atoms with E-state index in [1.807, 2.05) is 0 Å². The largest absolute Gasteiger partial charge is 0.864 e. The Balaban J connectivity index is 0.00000129. The molecule has 0 saturated heterocycles. The fourth-order valence-electron chi connectivity index (χ4n) is 7.93. The van der Waals surface area contributed by atoms with E-state index in [0.29, 0.717) is 61.2 Å². The summed E-state index contributed by atoms with van der Waals surface area (Å²) < 4.78 is 183. The van der Waals surface area contributed by atoms with Gasteiger partial charge in [-0.15, -0.1) is 12.1 Å². The monoisotopic (exact) mass is 1010 g/mol. The molecule has 0 aliphatic heterocycles. The molecule has 1 atom stereocenters. The second-order valence-corrected chi connectivity index (χ2v) is 17.6. The minimum Gasteiger partial charge on any atom is -0.489 e. The Morgan fingerprint density at radius 1 is 0.357 bits per heavy atom. The Labute approximate surface area is 406 Å². The molecule has 70 heavy (non-hydrogen) atoms. The van der Waals surface area contributed by atoms with Crippen LogP contribution in [0, 0.1) is 75.9 Å². The van der Waals surface area contributed by atoms with E-state index in [1.165, 1.54) is 83.5 Å². The molecule has 0 radical (unpaired) electrons. The van der Waals surface area contributed by atoms with Crippen molar-refractivity contribution in [3.05, 3.63) is 118 Å². The Morgan fingerprint density at radius 2 is 0.657 bits per heavy atom. The van der Waals surface area contributed by atoms with Crippen LogP contribution in [0.15, 0.2) is 42.5 Å². The number of hydrogen-bond acceptors (Lipinski definition) is 3. The predicted octanol–water partition coefficient (Wildman–Crippen LogP) is 16.7. The number of nitrogens with one attached hydrogen (secondary N) is 1. The van der Waals surface area contributed by atoms with Gasteiger partial charge in [-0.3, -0.25) is 13.7 Å². The average Bonchev–Trinajstić information content (AvgIpc) is 3.32. The third-order valence-corrected chi connectivity index (χ3v) is 11.8. The molecule has 4 rings (SSSR count). The molecule has 4 aromatic carbocycles. The van der Waals surface area contributed by atoms with Crippen molar-refractivity contribution < 1.29 is 71.5 Å². The van der Waals surface area contributed by atoms with Gasteiger partial charge in [-0.05, 0) is 25.7 Å². The molecule has 17 heteroatoms. The van der Waals surface area contributed by atoms with Gasteiger partial charge in [-0.1, -0.05) is 149 Å². The van der Waals surface area contributed by atoms with Crippen LogP contribution in [0.3, 0.4) is 0 Å². The second kappa shape index (κ2) is 33.9. The quantitative estimate of drug-likeness (QED) is 0.0166. The zero-order valence-electron chi connectivity index (χ0n) is 40.5. The van der Waals surface area contributed by atoms with Gasteiger partial charge in [-0.2, -0.15) is 10.5 Å². The van der Waals surface area contributed by atoms with Crippen molar-refractivity contribution in [1.29, 1.82) is 0 Å². The lowest BCUT2D eigenvalue weighted by Crippen LogP contribution is -3.07. The van der Waals surface area contributed by atoms with Crippen LogP contribution in [0.25, 0.3) is 0 Å². The molecule has 0 aliphatic rings. The van der Waals surface area contributed by atoms with E-state index in [4.69, 9.17) is 14.0 Å². The first-order valence-corrected chi connectivity index (χ1v) is 25.0. The first-order chi connectivity index (χ1) is 33.7. The minimum absolute atomic E-state index is 0.308. The first kappa shape index (κ1) is 59.8. The lowest BCUT2D eigenvalue weighted by atomic mass is 10.0. The number of quaternary nitrogens is 1. The summed E-state index contributed by atoms with van der Waals surface area (Å²) in [7, 11) is -2.32. The van der Waals surface area contributed by atoms with Crippen molar-refractivity contribution in [1.82, 2.24) is 0 Å². The lowest BCUT2D eigenvalue weighted by Gasteiger charge is -2.24. The summed E-state index contributed by atoms with van der Waals surface area (Å²) in [5.41, 5.74) is -0.411. The van der Waals surface area contributed by atoms with Crippen LogP contribution < -0.4 is 18.9 Å². The summed E-state index contributed by atoms with van der Waals surface area (Å²) in [5, 5.41) is 0. The Kier molecular flexibility index (Phi) is 29.0. The fourth-order valence-corrected chi connectivity index (χ4v) is 7.93. The smallest absolute Gasteiger partial charge is 0.489 e. The van der Waals surface area contributed by atoms with Gasteiger partial charge >= 0.3 is 7.32 Å². The molecule has 0 spiro atoms. The topological polar surface area (TPSA) is 32.1 Å². The summed E-state index contributed by atoms with van der Waals surface area (Å²) in [6.45, 7) is 5.01. The van der Waals surface area contributed by atoms with Crippen molar-refractivity contribution in [2.24, 2.45) is 0 Å². The third-order valence-electron chi connectivity index (χ3n) is 11.8. The highest BCUT2D eigenvalue weighted by molar-refractivity contribution is 6.39. The molecule has 0 aromatic heterocycles. The van der Waals surface area contributed by atoms with E-state index < -0.39 is 100 Å². The van der Waals surface area contributed by atoms with Crippen LogP contribution in [0.4, 0.5) is 58.4 Å². The minimum atomic E-state index is -2.32. The summed E-state index contributed by atoms with van der Waals surface area (Å²) in [6, 6.07) is 5.75. The Hall–Kier alpha value is -4.54. The highest BCUT2D eigenvalue weighted by Gasteiger charge is 2.37. The van der Waals surface area contributed by atoms with Crippen molar-refractivity contribution in [3.8, 4) is 17.2 Å². The van der Waals surface area contributed by atoms with E-state index in [9.17, 15) is 43.9 Å². The van der Waals surface area contributed by atoms with E-state index in [1.54, 1.807) is 0 Å². The second-order valence-electron chi connectivity index (χ2n) is 17.6. The average molecular weight is 1010 g/mol. The predicted molar refractivity (Wildman–Crippen MR) is 249 cm³/mol. The molecular formula is C53H68BF12NO3. The molecular weight excluding hydrogens is 937 g/mol. The van der Waals surface area contributed by atoms with Crippen molar-refractivity contribution in [2.45, 2.75) is 174 Å². The highest BCUT2D eigenvalue weighted by atomic mass is 19.2. The molecule has 0 amide bonds. The van der Waals surface area contributed by atoms with Crippen LogP contribution in [0.2, 0.25) is 0 Å². The Bertz CT molecular complexity index is 1990. The zero-order chi connectivity index (χ0) is 51.3. The maximum Gasteiger partial charge on any atom is 0.864 e. The normalized spacial score (nSPS) is 11.6.